The van der Waals surface area contributed by atoms with Gasteiger partial charge in [-0.25, -0.2) is 0 Å². The van der Waals surface area contributed by atoms with E-state index in [0.29, 0.717) is 0 Å². The van der Waals surface area contributed by atoms with Crippen molar-refractivity contribution in [3.63, 3.8) is 0 Å². The van der Waals surface area contributed by atoms with E-state index in [1.54, 1.807) is 10.9 Å². The third kappa shape index (κ3) is 2.54. The normalized spacial score (nSPS) is 11.7. The zero-order valence-electron chi connectivity index (χ0n) is 7.83. The Balaban J connectivity index is 2.49. The monoisotopic (exact) mass is 168 g/mol. The van der Waals surface area contributed by atoms with Crippen LogP contribution in [0.4, 0.5) is 5.82 Å². The first-order valence-corrected chi connectivity index (χ1v) is 4.00. The van der Waals surface area contributed by atoms with Crippen molar-refractivity contribution < 1.29 is 0 Å². The lowest BCUT2D eigenvalue weighted by Crippen LogP contribution is -2.39. The summed E-state index contributed by atoms with van der Waals surface area (Å²) in [6.07, 6.45) is 1.76. The summed E-state index contributed by atoms with van der Waals surface area (Å²) in [5.74, 6) is 0.994. The SMILES string of the molecule is Cn1nccc1NCC(C)(C)N. The fourth-order valence-electron chi connectivity index (χ4n) is 0.866. The van der Waals surface area contributed by atoms with Gasteiger partial charge in [-0.15, -0.1) is 0 Å². The molecule has 1 heterocycles. The maximum Gasteiger partial charge on any atom is 0.123 e. The highest BCUT2D eigenvalue weighted by atomic mass is 15.3. The summed E-state index contributed by atoms with van der Waals surface area (Å²) in [5, 5.41) is 7.24. The van der Waals surface area contributed by atoms with Crippen LogP contribution < -0.4 is 11.1 Å². The van der Waals surface area contributed by atoms with Crippen LogP contribution in [0.1, 0.15) is 13.8 Å². The van der Waals surface area contributed by atoms with Gasteiger partial charge < -0.3 is 11.1 Å². The van der Waals surface area contributed by atoms with Gasteiger partial charge in [-0.3, -0.25) is 4.68 Å². The third-order valence-corrected chi connectivity index (χ3v) is 1.55. The van der Waals surface area contributed by atoms with Crippen molar-refractivity contribution >= 4 is 5.82 Å². The summed E-state index contributed by atoms with van der Waals surface area (Å²) in [6, 6.07) is 1.92. The van der Waals surface area contributed by atoms with Gasteiger partial charge in [0.05, 0.1) is 6.20 Å². The molecule has 4 heteroatoms. The Morgan fingerprint density at radius 3 is 2.75 bits per heavy atom. The quantitative estimate of drug-likeness (QED) is 0.693. The number of nitrogens with one attached hydrogen (secondary N) is 1. The highest BCUT2D eigenvalue weighted by molar-refractivity contribution is 5.33. The van der Waals surface area contributed by atoms with Gasteiger partial charge in [0.25, 0.3) is 0 Å². The Labute approximate surface area is 72.8 Å². The summed E-state index contributed by atoms with van der Waals surface area (Å²) >= 11 is 0. The van der Waals surface area contributed by atoms with Crippen LogP contribution in [0.15, 0.2) is 12.3 Å². The first-order chi connectivity index (χ1) is 5.49. The van der Waals surface area contributed by atoms with Crippen LogP contribution >= 0.6 is 0 Å². The van der Waals surface area contributed by atoms with Crippen molar-refractivity contribution in [2.45, 2.75) is 19.4 Å². The van der Waals surface area contributed by atoms with Crippen LogP contribution in [0.2, 0.25) is 0 Å². The molecule has 12 heavy (non-hydrogen) atoms. The van der Waals surface area contributed by atoms with Crippen LogP contribution in [0.3, 0.4) is 0 Å². The van der Waals surface area contributed by atoms with Gasteiger partial charge in [0.15, 0.2) is 0 Å². The van der Waals surface area contributed by atoms with E-state index < -0.39 is 0 Å². The summed E-state index contributed by atoms with van der Waals surface area (Å²) in [7, 11) is 1.89. The molecule has 0 atom stereocenters. The number of aryl methyl sites for hydroxylation is 1. The van der Waals surface area contributed by atoms with Crippen molar-refractivity contribution in [1.29, 1.82) is 0 Å². The van der Waals surface area contributed by atoms with Crippen LogP contribution in [0.5, 0.6) is 0 Å². The first kappa shape index (κ1) is 9.06. The highest BCUT2D eigenvalue weighted by Crippen LogP contribution is 2.05. The van der Waals surface area contributed by atoms with Crippen molar-refractivity contribution in [2.24, 2.45) is 12.8 Å². The Hall–Kier alpha value is -1.03. The maximum atomic E-state index is 5.81. The van der Waals surface area contributed by atoms with Crippen molar-refractivity contribution in [3.8, 4) is 0 Å². The molecule has 0 aliphatic heterocycles. The molecule has 0 spiro atoms. The van der Waals surface area contributed by atoms with Gasteiger partial charge >= 0.3 is 0 Å². The molecule has 0 radical (unpaired) electrons. The van der Waals surface area contributed by atoms with Crippen LogP contribution in [-0.4, -0.2) is 21.9 Å². The van der Waals surface area contributed by atoms with Gasteiger partial charge in [0, 0.05) is 25.2 Å². The maximum absolute atomic E-state index is 5.81. The lowest BCUT2D eigenvalue weighted by molar-refractivity contribution is 0.546. The Kier molecular flexibility index (Phi) is 2.38. The molecule has 0 bridgehead atoms. The molecule has 0 saturated carbocycles. The number of hydrogen-bond acceptors (Lipinski definition) is 3. The molecule has 4 nitrogen and oxygen atoms in total. The summed E-state index contributed by atoms with van der Waals surface area (Å²) < 4.78 is 1.78. The van der Waals surface area contributed by atoms with Gasteiger partial charge in [0.1, 0.15) is 5.82 Å². The zero-order valence-corrected chi connectivity index (χ0v) is 7.83. The molecule has 0 aromatic carbocycles. The predicted molar refractivity (Wildman–Crippen MR) is 50.0 cm³/mol. The minimum Gasteiger partial charge on any atom is -0.368 e. The molecular weight excluding hydrogens is 152 g/mol. The molecule has 0 aliphatic carbocycles. The summed E-state index contributed by atoms with van der Waals surface area (Å²) in [5.41, 5.74) is 5.62. The number of anilines is 1. The van der Waals surface area contributed by atoms with E-state index in [9.17, 15) is 0 Å². The standard InChI is InChI=1S/C8H16N4/c1-8(2,9)6-10-7-4-5-11-12(7)3/h4-5,10H,6,9H2,1-3H3. The van der Waals surface area contributed by atoms with E-state index in [4.69, 9.17) is 5.73 Å². The minimum absolute atomic E-state index is 0.190. The molecule has 0 saturated heterocycles. The highest BCUT2D eigenvalue weighted by Gasteiger charge is 2.10. The van der Waals surface area contributed by atoms with Gasteiger partial charge in [-0.1, -0.05) is 0 Å². The van der Waals surface area contributed by atoms with E-state index in [-0.39, 0.29) is 5.54 Å². The molecule has 0 unspecified atom stereocenters. The average molecular weight is 168 g/mol. The first-order valence-electron chi connectivity index (χ1n) is 4.00. The molecular formula is C8H16N4. The lowest BCUT2D eigenvalue weighted by atomic mass is 10.1. The minimum atomic E-state index is -0.190. The smallest absolute Gasteiger partial charge is 0.123 e. The average Bonchev–Trinajstić information content (AvgIpc) is 2.29. The van der Waals surface area contributed by atoms with Crippen LogP contribution in [-0.2, 0) is 7.05 Å². The largest absolute Gasteiger partial charge is 0.368 e. The molecule has 0 fully saturated rings. The Bertz CT molecular complexity index is 246. The van der Waals surface area contributed by atoms with Gasteiger partial charge in [-0.05, 0) is 13.8 Å². The second-order valence-electron chi connectivity index (χ2n) is 3.68. The topological polar surface area (TPSA) is 55.9 Å². The molecule has 68 valence electrons. The van der Waals surface area contributed by atoms with E-state index >= 15 is 0 Å². The van der Waals surface area contributed by atoms with E-state index in [2.05, 4.69) is 10.4 Å². The second kappa shape index (κ2) is 3.15. The number of nitrogens with zero attached hydrogens (tertiary/aromatic N) is 2. The van der Waals surface area contributed by atoms with E-state index in [1.807, 2.05) is 27.0 Å². The Morgan fingerprint density at radius 2 is 2.33 bits per heavy atom. The number of aromatic nitrogens is 2. The van der Waals surface area contributed by atoms with Crippen LogP contribution in [0, 0.1) is 0 Å². The molecule has 1 aromatic heterocycles. The van der Waals surface area contributed by atoms with Gasteiger partial charge in [0.2, 0.25) is 0 Å². The molecule has 1 aromatic rings. The number of rotatable bonds is 3. The van der Waals surface area contributed by atoms with Gasteiger partial charge in [-0.2, -0.15) is 5.10 Å². The fraction of sp³-hybridized carbons (Fsp3) is 0.625. The molecule has 1 rings (SSSR count). The summed E-state index contributed by atoms with van der Waals surface area (Å²) in [4.78, 5) is 0. The molecule has 0 amide bonds. The predicted octanol–water partition coefficient (Wildman–Crippen LogP) is 0.569. The van der Waals surface area contributed by atoms with E-state index in [0.717, 1.165) is 12.4 Å². The van der Waals surface area contributed by atoms with Crippen molar-refractivity contribution in [3.05, 3.63) is 12.3 Å². The zero-order chi connectivity index (χ0) is 9.19. The number of nitrogens with two attached hydrogens (primary N) is 1. The lowest BCUT2D eigenvalue weighted by Gasteiger charge is -2.19. The third-order valence-electron chi connectivity index (χ3n) is 1.55. The Morgan fingerprint density at radius 1 is 1.67 bits per heavy atom. The van der Waals surface area contributed by atoms with Crippen molar-refractivity contribution in [1.82, 2.24) is 9.78 Å². The number of hydrogen-bond donors (Lipinski definition) is 2. The summed E-state index contributed by atoms with van der Waals surface area (Å²) in [6.45, 7) is 4.71. The fourth-order valence-corrected chi connectivity index (χ4v) is 0.866. The van der Waals surface area contributed by atoms with Crippen molar-refractivity contribution in [2.75, 3.05) is 11.9 Å². The van der Waals surface area contributed by atoms with E-state index in [1.165, 1.54) is 0 Å². The second-order valence-corrected chi connectivity index (χ2v) is 3.68. The molecule has 0 aliphatic rings. The molecule has 3 N–H and O–H groups in total. The van der Waals surface area contributed by atoms with Crippen LogP contribution in [0.25, 0.3) is 0 Å².